The highest BCUT2D eigenvalue weighted by atomic mass is 16.5. The van der Waals surface area contributed by atoms with Gasteiger partial charge in [0.1, 0.15) is 6.61 Å². The Bertz CT molecular complexity index is 716. The molecule has 5 heteroatoms. The number of methoxy groups -OCH3 is 2. The van der Waals surface area contributed by atoms with Gasteiger partial charge >= 0.3 is 0 Å². The molecule has 0 aliphatic heterocycles. The number of hydrogen-bond donors (Lipinski definition) is 1. The summed E-state index contributed by atoms with van der Waals surface area (Å²) in [6.45, 7) is 6.37. The molecular weight excluding hydrogens is 330 g/mol. The first-order valence-corrected chi connectivity index (χ1v) is 8.65. The van der Waals surface area contributed by atoms with Crippen LogP contribution in [0.25, 0.3) is 0 Å². The van der Waals surface area contributed by atoms with E-state index in [1.807, 2.05) is 51.1 Å². The smallest absolute Gasteiger partial charge is 0.251 e. The van der Waals surface area contributed by atoms with Gasteiger partial charge in [-0.3, -0.25) is 4.79 Å². The number of rotatable bonds is 8. The average molecular weight is 357 g/mol. The number of amides is 1. The summed E-state index contributed by atoms with van der Waals surface area (Å²) in [4.78, 5) is 12.6. The van der Waals surface area contributed by atoms with Crippen LogP contribution in [0.2, 0.25) is 0 Å². The fraction of sp³-hybridized carbons (Fsp3) is 0.381. The summed E-state index contributed by atoms with van der Waals surface area (Å²) in [7, 11) is 3.09. The maximum absolute atomic E-state index is 12.6. The van der Waals surface area contributed by atoms with E-state index in [0.29, 0.717) is 29.4 Å². The van der Waals surface area contributed by atoms with Crippen molar-refractivity contribution in [3.63, 3.8) is 0 Å². The Morgan fingerprint density at radius 1 is 1.04 bits per heavy atom. The summed E-state index contributed by atoms with van der Waals surface area (Å²) in [6.07, 6.45) is 0.825. The fourth-order valence-corrected chi connectivity index (χ4v) is 2.35. The first-order chi connectivity index (χ1) is 12.4. The van der Waals surface area contributed by atoms with Crippen molar-refractivity contribution in [2.24, 2.45) is 0 Å². The zero-order valence-electron chi connectivity index (χ0n) is 16.1. The minimum Gasteiger partial charge on any atom is -0.493 e. The molecule has 0 heterocycles. The molecule has 0 fully saturated rings. The third-order valence-electron chi connectivity index (χ3n) is 4.28. The zero-order valence-corrected chi connectivity index (χ0v) is 16.1. The van der Waals surface area contributed by atoms with Crippen LogP contribution in [0.15, 0.2) is 42.5 Å². The Morgan fingerprint density at radius 3 is 2.12 bits per heavy atom. The van der Waals surface area contributed by atoms with E-state index in [0.717, 1.165) is 12.0 Å². The zero-order chi connectivity index (χ0) is 19.2. The lowest BCUT2D eigenvalue weighted by Gasteiger charge is -2.25. The van der Waals surface area contributed by atoms with Crippen LogP contribution in [-0.2, 0) is 6.61 Å². The Labute approximate surface area is 155 Å². The standard InChI is InChI=1S/C21H27NO4/c1-6-21(2,3)22-20(23)16-12-17(24-4)19(18(13-16)25-5)26-14-15-10-8-7-9-11-15/h7-13H,6,14H2,1-5H3,(H,22,23). The number of hydrogen-bond acceptors (Lipinski definition) is 4. The van der Waals surface area contributed by atoms with Gasteiger partial charge in [-0.1, -0.05) is 37.3 Å². The quantitative estimate of drug-likeness (QED) is 0.769. The van der Waals surface area contributed by atoms with Crippen molar-refractivity contribution in [3.8, 4) is 17.2 Å². The topological polar surface area (TPSA) is 56.8 Å². The highest BCUT2D eigenvalue weighted by Gasteiger charge is 2.22. The van der Waals surface area contributed by atoms with Crippen molar-refractivity contribution in [1.29, 1.82) is 0 Å². The van der Waals surface area contributed by atoms with Crippen molar-refractivity contribution < 1.29 is 19.0 Å². The van der Waals surface area contributed by atoms with Gasteiger partial charge in [-0.2, -0.15) is 0 Å². The summed E-state index contributed by atoms with van der Waals surface area (Å²) < 4.78 is 16.8. The lowest BCUT2D eigenvalue weighted by atomic mass is 10.0. The SMILES string of the molecule is CCC(C)(C)NC(=O)c1cc(OC)c(OCc2ccccc2)c(OC)c1. The second-order valence-corrected chi connectivity index (χ2v) is 6.68. The summed E-state index contributed by atoms with van der Waals surface area (Å²) in [5.74, 6) is 1.22. The third kappa shape index (κ3) is 4.91. The molecule has 0 aliphatic rings. The molecule has 1 N–H and O–H groups in total. The first-order valence-electron chi connectivity index (χ1n) is 8.65. The molecule has 0 bridgehead atoms. The van der Waals surface area contributed by atoms with Crippen LogP contribution < -0.4 is 19.5 Å². The van der Waals surface area contributed by atoms with E-state index < -0.39 is 0 Å². The molecule has 0 aromatic heterocycles. The number of carbonyl (C=O) groups is 1. The van der Waals surface area contributed by atoms with Gasteiger partial charge in [-0.05, 0) is 38.0 Å². The van der Waals surface area contributed by atoms with E-state index in [-0.39, 0.29) is 11.4 Å². The van der Waals surface area contributed by atoms with Crippen molar-refractivity contribution in [1.82, 2.24) is 5.32 Å². The second-order valence-electron chi connectivity index (χ2n) is 6.68. The largest absolute Gasteiger partial charge is 0.493 e. The van der Waals surface area contributed by atoms with Crippen molar-refractivity contribution >= 4 is 5.91 Å². The molecule has 0 radical (unpaired) electrons. The third-order valence-corrected chi connectivity index (χ3v) is 4.28. The van der Waals surface area contributed by atoms with Crippen LogP contribution in [0.1, 0.15) is 43.1 Å². The molecule has 2 aromatic rings. The Hall–Kier alpha value is -2.69. The summed E-state index contributed by atoms with van der Waals surface area (Å²) in [5, 5.41) is 3.01. The molecule has 26 heavy (non-hydrogen) atoms. The van der Waals surface area contributed by atoms with Crippen LogP contribution in [0, 0.1) is 0 Å². The van der Waals surface area contributed by atoms with E-state index in [1.165, 1.54) is 0 Å². The maximum Gasteiger partial charge on any atom is 0.251 e. The van der Waals surface area contributed by atoms with Crippen molar-refractivity contribution in [3.05, 3.63) is 53.6 Å². The van der Waals surface area contributed by atoms with Gasteiger partial charge in [0.2, 0.25) is 5.75 Å². The summed E-state index contributed by atoms with van der Waals surface area (Å²) in [5.41, 5.74) is 1.20. The Balaban J connectivity index is 2.28. The van der Waals surface area contributed by atoms with E-state index in [1.54, 1.807) is 26.4 Å². The normalized spacial score (nSPS) is 11.0. The van der Waals surface area contributed by atoms with Gasteiger partial charge in [0.15, 0.2) is 11.5 Å². The molecule has 2 rings (SSSR count). The molecule has 0 spiro atoms. The van der Waals surface area contributed by atoms with E-state index in [4.69, 9.17) is 14.2 Å². The predicted octanol–water partition coefficient (Wildman–Crippen LogP) is 4.20. The Morgan fingerprint density at radius 2 is 1.62 bits per heavy atom. The maximum atomic E-state index is 12.6. The molecule has 1 amide bonds. The summed E-state index contributed by atoms with van der Waals surface area (Å²) in [6, 6.07) is 13.2. The van der Waals surface area contributed by atoms with Gasteiger partial charge < -0.3 is 19.5 Å². The lowest BCUT2D eigenvalue weighted by Crippen LogP contribution is -2.42. The molecule has 0 aliphatic carbocycles. The molecule has 0 saturated carbocycles. The van der Waals surface area contributed by atoms with Gasteiger partial charge in [0.25, 0.3) is 5.91 Å². The molecule has 5 nitrogen and oxygen atoms in total. The van der Waals surface area contributed by atoms with Crippen LogP contribution in [0.5, 0.6) is 17.2 Å². The van der Waals surface area contributed by atoms with Crippen molar-refractivity contribution in [2.45, 2.75) is 39.3 Å². The second kappa shape index (κ2) is 8.61. The molecule has 0 unspecified atom stereocenters. The fourth-order valence-electron chi connectivity index (χ4n) is 2.35. The number of nitrogens with one attached hydrogen (secondary N) is 1. The molecule has 0 atom stereocenters. The van der Waals surface area contributed by atoms with E-state index in [2.05, 4.69) is 5.32 Å². The van der Waals surface area contributed by atoms with Gasteiger partial charge in [-0.25, -0.2) is 0 Å². The lowest BCUT2D eigenvalue weighted by molar-refractivity contribution is 0.0910. The number of ether oxygens (including phenoxy) is 3. The van der Waals surface area contributed by atoms with Gasteiger partial charge in [0.05, 0.1) is 14.2 Å². The minimum atomic E-state index is -0.292. The minimum absolute atomic E-state index is 0.178. The molecule has 2 aromatic carbocycles. The monoisotopic (exact) mass is 357 g/mol. The Kier molecular flexibility index (Phi) is 6.50. The van der Waals surface area contributed by atoms with Gasteiger partial charge in [-0.15, -0.1) is 0 Å². The van der Waals surface area contributed by atoms with E-state index >= 15 is 0 Å². The number of benzene rings is 2. The highest BCUT2D eigenvalue weighted by Crippen LogP contribution is 2.39. The molecular formula is C21H27NO4. The molecule has 0 saturated heterocycles. The van der Waals surface area contributed by atoms with Gasteiger partial charge in [0, 0.05) is 11.1 Å². The predicted molar refractivity (Wildman–Crippen MR) is 102 cm³/mol. The average Bonchev–Trinajstić information content (AvgIpc) is 2.66. The van der Waals surface area contributed by atoms with Crippen LogP contribution >= 0.6 is 0 Å². The van der Waals surface area contributed by atoms with E-state index in [9.17, 15) is 4.79 Å². The van der Waals surface area contributed by atoms with Crippen molar-refractivity contribution in [2.75, 3.05) is 14.2 Å². The first kappa shape index (κ1) is 19.6. The summed E-state index contributed by atoms with van der Waals surface area (Å²) >= 11 is 0. The number of carbonyl (C=O) groups excluding carboxylic acids is 1. The van der Waals surface area contributed by atoms with Crippen LogP contribution in [0.3, 0.4) is 0 Å². The van der Waals surface area contributed by atoms with Crippen LogP contribution in [-0.4, -0.2) is 25.7 Å². The molecule has 140 valence electrons. The van der Waals surface area contributed by atoms with Crippen LogP contribution in [0.4, 0.5) is 0 Å². The highest BCUT2D eigenvalue weighted by molar-refractivity contribution is 5.96.